The van der Waals surface area contributed by atoms with Gasteiger partial charge in [0.15, 0.2) is 0 Å². The SMILES string of the molecule is Cc1nn(Cn2ccc(C(=O)NCCCn3nc4c(c3C(F)(F)F)CCC4)n2)c(C)c1Cl. The van der Waals surface area contributed by atoms with Crippen molar-refractivity contribution in [3.63, 3.8) is 0 Å². The minimum atomic E-state index is -4.43. The van der Waals surface area contributed by atoms with E-state index in [1.807, 2.05) is 13.8 Å². The summed E-state index contributed by atoms with van der Waals surface area (Å²) in [5, 5.41) is 16.0. The summed E-state index contributed by atoms with van der Waals surface area (Å²) in [5.41, 5.74) is 1.93. The van der Waals surface area contributed by atoms with Crippen LogP contribution in [0.5, 0.6) is 0 Å². The number of halogens is 4. The summed E-state index contributed by atoms with van der Waals surface area (Å²) in [6.45, 7) is 4.24. The van der Waals surface area contributed by atoms with E-state index < -0.39 is 17.8 Å². The van der Waals surface area contributed by atoms with Crippen LogP contribution in [0.25, 0.3) is 0 Å². The fourth-order valence-corrected chi connectivity index (χ4v) is 4.09. The van der Waals surface area contributed by atoms with Crippen LogP contribution in [0.2, 0.25) is 5.02 Å². The number of alkyl halides is 3. The molecule has 8 nitrogen and oxygen atoms in total. The maximum absolute atomic E-state index is 13.4. The van der Waals surface area contributed by atoms with Gasteiger partial charge >= 0.3 is 6.18 Å². The number of hydrogen-bond donors (Lipinski definition) is 1. The number of nitrogens with zero attached hydrogens (tertiary/aromatic N) is 6. The third-order valence-corrected chi connectivity index (χ3v) is 6.07. The van der Waals surface area contributed by atoms with Crippen LogP contribution in [-0.4, -0.2) is 41.8 Å². The van der Waals surface area contributed by atoms with Gasteiger partial charge in [0.05, 0.1) is 22.1 Å². The van der Waals surface area contributed by atoms with E-state index >= 15 is 0 Å². The zero-order chi connectivity index (χ0) is 23.0. The van der Waals surface area contributed by atoms with Crippen LogP contribution in [0.15, 0.2) is 12.3 Å². The molecule has 12 heteroatoms. The van der Waals surface area contributed by atoms with Crippen molar-refractivity contribution in [2.75, 3.05) is 6.54 Å². The number of aromatic nitrogens is 6. The number of hydrogen-bond acceptors (Lipinski definition) is 4. The van der Waals surface area contributed by atoms with Gasteiger partial charge in [-0.05, 0) is 45.6 Å². The lowest BCUT2D eigenvalue weighted by molar-refractivity contribution is -0.144. The van der Waals surface area contributed by atoms with E-state index in [9.17, 15) is 18.0 Å². The summed E-state index contributed by atoms with van der Waals surface area (Å²) in [6.07, 6.45) is -0.768. The second-order valence-electron chi connectivity index (χ2n) is 7.82. The highest BCUT2D eigenvalue weighted by Gasteiger charge is 2.40. The zero-order valence-electron chi connectivity index (χ0n) is 17.7. The normalized spacial score (nSPS) is 13.6. The van der Waals surface area contributed by atoms with Crippen LogP contribution in [0, 0.1) is 13.8 Å². The van der Waals surface area contributed by atoms with Gasteiger partial charge in [-0.1, -0.05) is 11.6 Å². The fourth-order valence-electron chi connectivity index (χ4n) is 3.96. The molecule has 0 aromatic carbocycles. The molecule has 4 rings (SSSR count). The predicted octanol–water partition coefficient (Wildman–Crippen LogP) is 3.38. The number of fused-ring (bicyclic) bond motifs is 1. The van der Waals surface area contributed by atoms with Crippen LogP contribution in [-0.2, 0) is 32.2 Å². The molecule has 3 aromatic heterocycles. The Balaban J connectivity index is 1.31. The van der Waals surface area contributed by atoms with Crippen LogP contribution in [0.1, 0.15) is 51.7 Å². The Morgan fingerprint density at radius 1 is 1.19 bits per heavy atom. The predicted molar refractivity (Wildman–Crippen MR) is 111 cm³/mol. The molecule has 1 aliphatic rings. The van der Waals surface area contributed by atoms with E-state index in [4.69, 9.17) is 11.6 Å². The molecule has 1 N–H and O–H groups in total. The molecule has 0 fully saturated rings. The average Bonchev–Trinajstić information content (AvgIpc) is 3.47. The molecule has 32 heavy (non-hydrogen) atoms. The molecule has 1 aliphatic carbocycles. The third-order valence-electron chi connectivity index (χ3n) is 5.52. The van der Waals surface area contributed by atoms with Crippen LogP contribution in [0.3, 0.4) is 0 Å². The molecular formula is C20H23ClF3N7O. The Bertz CT molecular complexity index is 1150. The van der Waals surface area contributed by atoms with Crippen molar-refractivity contribution in [2.45, 2.75) is 58.9 Å². The van der Waals surface area contributed by atoms with E-state index in [1.165, 1.54) is 0 Å². The first-order valence-corrected chi connectivity index (χ1v) is 10.7. The zero-order valence-corrected chi connectivity index (χ0v) is 18.5. The monoisotopic (exact) mass is 469 g/mol. The van der Waals surface area contributed by atoms with Gasteiger partial charge in [0.2, 0.25) is 0 Å². The Hall–Kier alpha value is -2.82. The molecule has 172 valence electrons. The highest BCUT2D eigenvalue weighted by atomic mass is 35.5. The molecule has 0 bridgehead atoms. The Labute approximate surface area is 187 Å². The Kier molecular flexibility index (Phi) is 6.02. The topological polar surface area (TPSA) is 82.6 Å². The molecule has 1 amide bonds. The maximum atomic E-state index is 13.4. The summed E-state index contributed by atoms with van der Waals surface area (Å²) in [6, 6.07) is 1.57. The standard InChI is InChI=1S/C20H23ClF3N7O/c1-12-17(21)13(2)31(26-12)11-29-10-7-16(27-29)19(32)25-8-4-9-30-18(20(22,23)24)14-5-3-6-15(14)28-30/h7,10H,3-6,8-9,11H2,1-2H3,(H,25,32). The first-order valence-electron chi connectivity index (χ1n) is 10.3. The number of aryl methyl sites for hydroxylation is 3. The van der Waals surface area contributed by atoms with E-state index in [0.717, 1.165) is 10.4 Å². The second kappa shape index (κ2) is 8.61. The largest absolute Gasteiger partial charge is 0.433 e. The van der Waals surface area contributed by atoms with Crippen LogP contribution >= 0.6 is 11.6 Å². The smallest absolute Gasteiger partial charge is 0.351 e. The first-order chi connectivity index (χ1) is 15.1. The van der Waals surface area contributed by atoms with Crippen molar-refractivity contribution in [1.82, 2.24) is 34.7 Å². The number of carbonyl (C=O) groups is 1. The van der Waals surface area contributed by atoms with Crippen LogP contribution < -0.4 is 5.32 Å². The fraction of sp³-hybridized carbons (Fsp3) is 0.500. The van der Waals surface area contributed by atoms with Crippen molar-refractivity contribution >= 4 is 17.5 Å². The highest BCUT2D eigenvalue weighted by Crippen LogP contribution is 2.37. The van der Waals surface area contributed by atoms with Crippen molar-refractivity contribution in [3.05, 3.63) is 51.3 Å². The molecule has 0 radical (unpaired) electrons. The van der Waals surface area contributed by atoms with Gasteiger partial charge in [0.1, 0.15) is 18.1 Å². The first kappa shape index (κ1) is 22.4. The molecule has 3 aromatic rings. The lowest BCUT2D eigenvalue weighted by Gasteiger charge is -2.12. The van der Waals surface area contributed by atoms with Crippen molar-refractivity contribution < 1.29 is 18.0 Å². The molecule has 0 unspecified atom stereocenters. The van der Waals surface area contributed by atoms with Gasteiger partial charge in [-0.3, -0.25) is 14.2 Å². The number of rotatable bonds is 7. The summed E-state index contributed by atoms with van der Waals surface area (Å²) in [5.74, 6) is -0.394. The van der Waals surface area contributed by atoms with Crippen molar-refractivity contribution in [2.24, 2.45) is 0 Å². The van der Waals surface area contributed by atoms with E-state index in [1.54, 1.807) is 21.6 Å². The highest BCUT2D eigenvalue weighted by molar-refractivity contribution is 6.31. The minimum absolute atomic E-state index is 0.0786. The number of nitrogens with one attached hydrogen (secondary N) is 1. The molecule has 0 saturated heterocycles. The molecule has 0 aliphatic heterocycles. The van der Waals surface area contributed by atoms with Gasteiger partial charge in [0, 0.05) is 24.8 Å². The van der Waals surface area contributed by atoms with Gasteiger partial charge < -0.3 is 5.32 Å². The molecule has 3 heterocycles. The summed E-state index contributed by atoms with van der Waals surface area (Å²) in [7, 11) is 0. The third kappa shape index (κ3) is 4.38. The molecule has 0 saturated carbocycles. The quantitative estimate of drug-likeness (QED) is 0.538. The Morgan fingerprint density at radius 3 is 2.66 bits per heavy atom. The van der Waals surface area contributed by atoms with Gasteiger partial charge in [-0.15, -0.1) is 0 Å². The minimum Gasteiger partial charge on any atom is -0.351 e. The van der Waals surface area contributed by atoms with Gasteiger partial charge in [-0.2, -0.15) is 28.5 Å². The summed E-state index contributed by atoms with van der Waals surface area (Å²) >= 11 is 6.15. The lowest BCUT2D eigenvalue weighted by atomic mass is 10.2. The number of carbonyl (C=O) groups excluding carboxylic acids is 1. The van der Waals surface area contributed by atoms with Gasteiger partial charge in [0.25, 0.3) is 5.91 Å². The second-order valence-corrected chi connectivity index (χ2v) is 8.20. The van der Waals surface area contributed by atoms with Crippen LogP contribution in [0.4, 0.5) is 13.2 Å². The summed E-state index contributed by atoms with van der Waals surface area (Å²) < 4.78 is 44.6. The molecular weight excluding hydrogens is 447 g/mol. The number of amides is 1. The summed E-state index contributed by atoms with van der Waals surface area (Å²) in [4.78, 5) is 12.4. The van der Waals surface area contributed by atoms with E-state index in [2.05, 4.69) is 20.6 Å². The lowest BCUT2D eigenvalue weighted by Crippen LogP contribution is -2.27. The van der Waals surface area contributed by atoms with Crippen molar-refractivity contribution in [3.8, 4) is 0 Å². The average molecular weight is 470 g/mol. The Morgan fingerprint density at radius 2 is 1.97 bits per heavy atom. The van der Waals surface area contributed by atoms with E-state index in [0.29, 0.717) is 54.3 Å². The maximum Gasteiger partial charge on any atom is 0.433 e. The molecule has 0 atom stereocenters. The van der Waals surface area contributed by atoms with E-state index in [-0.39, 0.29) is 18.8 Å². The van der Waals surface area contributed by atoms with Crippen molar-refractivity contribution in [1.29, 1.82) is 0 Å². The molecule has 0 spiro atoms. The van der Waals surface area contributed by atoms with Gasteiger partial charge in [-0.25, -0.2) is 4.68 Å².